The number of nitrogens with one attached hydrogen (secondary N) is 1. The molecule has 2 aromatic rings. The van der Waals surface area contributed by atoms with Gasteiger partial charge in [0.25, 0.3) is 0 Å². The highest BCUT2D eigenvalue weighted by atomic mass is 79.9. The number of H-pyrrole nitrogens is 1. The summed E-state index contributed by atoms with van der Waals surface area (Å²) in [4.78, 5) is 7.81. The fourth-order valence-corrected chi connectivity index (χ4v) is 2.04. The van der Waals surface area contributed by atoms with Crippen LogP contribution in [0.5, 0.6) is 0 Å². The van der Waals surface area contributed by atoms with E-state index in [4.69, 9.17) is 5.73 Å². The first-order valence-corrected chi connectivity index (χ1v) is 6.32. The number of rotatable bonds is 3. The van der Waals surface area contributed by atoms with Gasteiger partial charge in [-0.3, -0.25) is 0 Å². The second-order valence-electron chi connectivity index (χ2n) is 4.19. The maximum absolute atomic E-state index is 6.15. The van der Waals surface area contributed by atoms with Gasteiger partial charge in [-0.15, -0.1) is 0 Å². The van der Waals surface area contributed by atoms with E-state index < -0.39 is 0 Å². The van der Waals surface area contributed by atoms with Crippen molar-refractivity contribution in [1.29, 1.82) is 0 Å². The van der Waals surface area contributed by atoms with Gasteiger partial charge in [-0.25, -0.2) is 4.98 Å². The Morgan fingerprint density at radius 3 is 2.94 bits per heavy atom. The van der Waals surface area contributed by atoms with Crippen molar-refractivity contribution >= 4 is 27.0 Å². The van der Waals surface area contributed by atoms with Crippen LogP contribution in [0.3, 0.4) is 0 Å². The smallest absolute Gasteiger partial charge is 0.124 e. The van der Waals surface area contributed by atoms with Crippen molar-refractivity contribution in [2.24, 2.45) is 11.7 Å². The van der Waals surface area contributed by atoms with Crippen LogP contribution in [-0.4, -0.2) is 9.97 Å². The summed E-state index contributed by atoms with van der Waals surface area (Å²) in [5, 5.41) is 0. The van der Waals surface area contributed by atoms with Crippen molar-refractivity contribution in [3.05, 3.63) is 28.5 Å². The van der Waals surface area contributed by atoms with E-state index in [0.717, 1.165) is 27.8 Å². The highest BCUT2D eigenvalue weighted by molar-refractivity contribution is 9.10. The van der Waals surface area contributed by atoms with Crippen LogP contribution in [0, 0.1) is 5.92 Å². The Hall–Kier alpha value is -0.870. The maximum Gasteiger partial charge on any atom is 0.124 e. The first kappa shape index (κ1) is 11.6. The third-order valence-corrected chi connectivity index (χ3v) is 3.53. The van der Waals surface area contributed by atoms with Crippen molar-refractivity contribution < 1.29 is 0 Å². The first-order valence-electron chi connectivity index (χ1n) is 5.52. The van der Waals surface area contributed by atoms with Gasteiger partial charge < -0.3 is 10.7 Å². The molecule has 16 heavy (non-hydrogen) atoms. The number of hydrogen-bond acceptors (Lipinski definition) is 2. The van der Waals surface area contributed by atoms with Crippen LogP contribution >= 0.6 is 15.9 Å². The lowest BCUT2D eigenvalue weighted by atomic mass is 10.00. The first-order chi connectivity index (χ1) is 7.61. The molecular weight excluding hydrogens is 266 g/mol. The molecule has 0 spiro atoms. The van der Waals surface area contributed by atoms with E-state index in [1.807, 2.05) is 18.2 Å². The molecule has 3 nitrogen and oxygen atoms in total. The van der Waals surface area contributed by atoms with Gasteiger partial charge in [0, 0.05) is 4.47 Å². The molecule has 0 aliphatic carbocycles. The molecule has 0 saturated carbocycles. The van der Waals surface area contributed by atoms with Crippen molar-refractivity contribution in [2.45, 2.75) is 26.3 Å². The van der Waals surface area contributed by atoms with E-state index in [0.29, 0.717) is 5.92 Å². The number of halogens is 1. The molecule has 0 saturated heterocycles. The van der Waals surface area contributed by atoms with Crippen LogP contribution in [0.2, 0.25) is 0 Å². The molecule has 1 heterocycles. The summed E-state index contributed by atoms with van der Waals surface area (Å²) in [6.07, 6.45) is 1.06. The van der Waals surface area contributed by atoms with Crippen LogP contribution in [0.15, 0.2) is 22.7 Å². The molecule has 0 aliphatic heterocycles. The predicted molar refractivity (Wildman–Crippen MR) is 70.2 cm³/mol. The zero-order valence-electron chi connectivity index (χ0n) is 9.50. The summed E-state index contributed by atoms with van der Waals surface area (Å²) in [5.41, 5.74) is 8.15. The number of nitrogens with two attached hydrogens (primary N) is 1. The molecule has 0 aliphatic rings. The van der Waals surface area contributed by atoms with E-state index in [1.165, 1.54) is 0 Å². The third kappa shape index (κ3) is 2.13. The minimum Gasteiger partial charge on any atom is -0.341 e. The number of aromatic amines is 1. The summed E-state index contributed by atoms with van der Waals surface area (Å²) in [6, 6.07) is 5.98. The molecule has 0 amide bonds. The number of fused-ring (bicyclic) bond motifs is 1. The minimum absolute atomic E-state index is 0.0174. The second-order valence-corrected chi connectivity index (χ2v) is 5.11. The monoisotopic (exact) mass is 281 g/mol. The summed E-state index contributed by atoms with van der Waals surface area (Å²) in [6.45, 7) is 4.29. The summed E-state index contributed by atoms with van der Waals surface area (Å²) >= 11 is 3.44. The van der Waals surface area contributed by atoms with Crippen LogP contribution in [0.1, 0.15) is 32.1 Å². The molecule has 86 valence electrons. The molecule has 3 N–H and O–H groups in total. The van der Waals surface area contributed by atoms with Crippen LogP contribution < -0.4 is 5.73 Å². The van der Waals surface area contributed by atoms with Gasteiger partial charge >= 0.3 is 0 Å². The van der Waals surface area contributed by atoms with Crippen LogP contribution in [-0.2, 0) is 0 Å². The minimum atomic E-state index is -0.0174. The lowest BCUT2D eigenvalue weighted by Gasteiger charge is -2.15. The molecule has 0 fully saturated rings. The van der Waals surface area contributed by atoms with Gasteiger partial charge in [-0.1, -0.05) is 36.2 Å². The topological polar surface area (TPSA) is 54.7 Å². The van der Waals surface area contributed by atoms with Crippen LogP contribution in [0.4, 0.5) is 0 Å². The summed E-state index contributed by atoms with van der Waals surface area (Å²) < 4.78 is 1.05. The number of benzene rings is 1. The fourth-order valence-electron chi connectivity index (χ4n) is 1.68. The lowest BCUT2D eigenvalue weighted by molar-refractivity contribution is 0.442. The Balaban J connectivity index is 2.39. The molecule has 0 radical (unpaired) electrons. The Labute approximate surface area is 104 Å². The van der Waals surface area contributed by atoms with Crippen molar-refractivity contribution in [2.75, 3.05) is 0 Å². The lowest BCUT2D eigenvalue weighted by Crippen LogP contribution is -2.19. The summed E-state index contributed by atoms with van der Waals surface area (Å²) in [7, 11) is 0. The van der Waals surface area contributed by atoms with Crippen molar-refractivity contribution in [1.82, 2.24) is 9.97 Å². The molecule has 1 aromatic carbocycles. The molecule has 2 rings (SSSR count). The Morgan fingerprint density at radius 1 is 1.50 bits per heavy atom. The zero-order chi connectivity index (χ0) is 11.7. The van der Waals surface area contributed by atoms with Gasteiger partial charge in [0.05, 0.1) is 17.1 Å². The van der Waals surface area contributed by atoms with Crippen molar-refractivity contribution in [3.63, 3.8) is 0 Å². The number of hydrogen-bond donors (Lipinski definition) is 2. The molecule has 1 aromatic heterocycles. The maximum atomic E-state index is 6.15. The van der Waals surface area contributed by atoms with Gasteiger partial charge in [0.2, 0.25) is 0 Å². The number of imidazole rings is 1. The normalized spacial score (nSPS) is 15.2. The third-order valence-electron chi connectivity index (χ3n) is 3.03. The number of aromatic nitrogens is 2. The largest absolute Gasteiger partial charge is 0.341 e. The standard InChI is InChI=1S/C12H16BrN3/c1-3-7(2)11(14)12-15-9-5-4-8(13)6-10(9)16-12/h4-7,11H,3,14H2,1-2H3,(H,15,16)/t7-,11-/m1/s1. The molecule has 2 atom stereocenters. The van der Waals surface area contributed by atoms with Crippen LogP contribution in [0.25, 0.3) is 11.0 Å². The van der Waals surface area contributed by atoms with Gasteiger partial charge in [-0.2, -0.15) is 0 Å². The molecular formula is C12H16BrN3. The van der Waals surface area contributed by atoms with E-state index >= 15 is 0 Å². The Bertz CT molecular complexity index is 492. The average Bonchev–Trinajstić information content (AvgIpc) is 2.69. The van der Waals surface area contributed by atoms with E-state index in [1.54, 1.807) is 0 Å². The van der Waals surface area contributed by atoms with Crippen molar-refractivity contribution in [3.8, 4) is 0 Å². The fraction of sp³-hybridized carbons (Fsp3) is 0.417. The second kappa shape index (κ2) is 4.55. The average molecular weight is 282 g/mol. The Morgan fingerprint density at radius 2 is 2.25 bits per heavy atom. The molecule has 0 unspecified atom stereocenters. The summed E-state index contributed by atoms with van der Waals surface area (Å²) in [5.74, 6) is 1.31. The zero-order valence-corrected chi connectivity index (χ0v) is 11.1. The number of nitrogens with zero attached hydrogens (tertiary/aromatic N) is 1. The molecule has 0 bridgehead atoms. The quantitative estimate of drug-likeness (QED) is 0.906. The highest BCUT2D eigenvalue weighted by Gasteiger charge is 2.16. The SMILES string of the molecule is CC[C@@H](C)[C@@H](N)c1nc2ccc(Br)cc2[nH]1. The molecule has 4 heteroatoms. The van der Waals surface area contributed by atoms with E-state index in [9.17, 15) is 0 Å². The van der Waals surface area contributed by atoms with E-state index in [-0.39, 0.29) is 6.04 Å². The van der Waals surface area contributed by atoms with E-state index in [2.05, 4.69) is 39.7 Å². The predicted octanol–water partition coefficient (Wildman–Crippen LogP) is 3.37. The van der Waals surface area contributed by atoms with Gasteiger partial charge in [-0.05, 0) is 24.1 Å². The van der Waals surface area contributed by atoms with Gasteiger partial charge in [0.1, 0.15) is 5.82 Å². The Kier molecular flexibility index (Phi) is 3.30. The highest BCUT2D eigenvalue weighted by Crippen LogP contribution is 2.23. The van der Waals surface area contributed by atoms with Gasteiger partial charge in [0.15, 0.2) is 0 Å².